The number of nitrogens with two attached hydrogens (primary N) is 1. The van der Waals surface area contributed by atoms with Gasteiger partial charge in [-0.05, 0) is 29.4 Å². The molecular weight excluding hydrogens is 236 g/mol. The van der Waals surface area contributed by atoms with Crippen molar-refractivity contribution in [3.05, 3.63) is 48.0 Å². The minimum absolute atomic E-state index is 0.0338. The molecule has 0 aromatic heterocycles. The molecule has 1 unspecified atom stereocenters. The molecule has 0 radical (unpaired) electrons. The Labute approximate surface area is 115 Å². The second-order valence-electron chi connectivity index (χ2n) is 4.97. The summed E-state index contributed by atoms with van der Waals surface area (Å²) in [6.45, 7) is 2.47. The van der Waals surface area contributed by atoms with Gasteiger partial charge in [0.15, 0.2) is 0 Å². The maximum Gasteiger partial charge on any atom is 0.0589 e. The molecule has 0 heterocycles. The Bertz CT molecular complexity index is 527. The van der Waals surface area contributed by atoms with Gasteiger partial charge in [-0.3, -0.25) is 0 Å². The minimum atomic E-state index is 0.0338. The quantitative estimate of drug-likeness (QED) is 0.865. The van der Waals surface area contributed by atoms with Gasteiger partial charge in [0.1, 0.15) is 0 Å². The zero-order valence-electron chi connectivity index (χ0n) is 11.7. The van der Waals surface area contributed by atoms with E-state index in [0.29, 0.717) is 0 Å². The summed E-state index contributed by atoms with van der Waals surface area (Å²) in [6, 6.07) is 14.8. The first-order valence-electron chi connectivity index (χ1n) is 6.62. The van der Waals surface area contributed by atoms with Gasteiger partial charge >= 0.3 is 0 Å². The van der Waals surface area contributed by atoms with Crippen LogP contribution in [0.2, 0.25) is 0 Å². The monoisotopic (exact) mass is 258 g/mol. The Morgan fingerprint density at radius 3 is 2.63 bits per heavy atom. The lowest BCUT2D eigenvalue weighted by atomic mass is 10.0. The predicted octanol–water partition coefficient (Wildman–Crippen LogP) is 2.42. The fourth-order valence-corrected chi connectivity index (χ4v) is 2.22. The van der Waals surface area contributed by atoms with Crippen molar-refractivity contribution in [2.24, 2.45) is 5.73 Å². The number of ether oxygens (including phenoxy) is 1. The molecule has 0 fully saturated rings. The molecule has 0 saturated heterocycles. The lowest BCUT2D eigenvalue weighted by Crippen LogP contribution is -2.31. The van der Waals surface area contributed by atoms with Crippen LogP contribution < -0.4 is 5.73 Å². The first-order chi connectivity index (χ1) is 9.20. The standard InChI is InChI=1S/C16H22N2O/c1-18(9-10-19-2)12-16(17)15-8-7-13-5-3-4-6-14(13)11-15/h3-8,11,16H,9-10,12,17H2,1-2H3. The molecule has 0 aliphatic heterocycles. The number of nitrogens with zero attached hydrogens (tertiary/aromatic N) is 1. The van der Waals surface area contributed by atoms with E-state index in [1.54, 1.807) is 7.11 Å². The summed E-state index contributed by atoms with van der Waals surface area (Å²) in [7, 11) is 3.79. The van der Waals surface area contributed by atoms with E-state index in [9.17, 15) is 0 Å². The van der Waals surface area contributed by atoms with Crippen molar-refractivity contribution in [3.63, 3.8) is 0 Å². The normalized spacial score (nSPS) is 13.1. The largest absolute Gasteiger partial charge is 0.383 e. The number of rotatable bonds is 6. The van der Waals surface area contributed by atoms with Crippen LogP contribution in [0.5, 0.6) is 0 Å². The molecule has 0 aliphatic carbocycles. The molecule has 2 aromatic carbocycles. The molecule has 0 spiro atoms. The number of methoxy groups -OCH3 is 1. The fraction of sp³-hybridized carbons (Fsp3) is 0.375. The summed E-state index contributed by atoms with van der Waals surface area (Å²) in [5, 5.41) is 2.50. The molecule has 2 aromatic rings. The topological polar surface area (TPSA) is 38.5 Å². The van der Waals surface area contributed by atoms with Gasteiger partial charge < -0.3 is 15.4 Å². The van der Waals surface area contributed by atoms with E-state index >= 15 is 0 Å². The summed E-state index contributed by atoms with van der Waals surface area (Å²) < 4.78 is 5.07. The van der Waals surface area contributed by atoms with Crippen molar-refractivity contribution in [1.29, 1.82) is 0 Å². The zero-order chi connectivity index (χ0) is 13.7. The van der Waals surface area contributed by atoms with Gasteiger partial charge in [-0.15, -0.1) is 0 Å². The van der Waals surface area contributed by atoms with Gasteiger partial charge in [0, 0.05) is 26.2 Å². The highest BCUT2D eigenvalue weighted by Crippen LogP contribution is 2.19. The molecular formula is C16H22N2O. The number of benzene rings is 2. The minimum Gasteiger partial charge on any atom is -0.383 e. The van der Waals surface area contributed by atoms with Crippen LogP contribution >= 0.6 is 0 Å². The van der Waals surface area contributed by atoms with Crippen molar-refractivity contribution >= 4 is 10.8 Å². The van der Waals surface area contributed by atoms with Crippen LogP contribution in [0, 0.1) is 0 Å². The first kappa shape index (κ1) is 14.0. The molecule has 102 valence electrons. The smallest absolute Gasteiger partial charge is 0.0589 e. The van der Waals surface area contributed by atoms with Crippen molar-refractivity contribution in [2.45, 2.75) is 6.04 Å². The SMILES string of the molecule is COCCN(C)CC(N)c1ccc2ccccc2c1. The van der Waals surface area contributed by atoms with Crippen LogP contribution in [0.1, 0.15) is 11.6 Å². The lowest BCUT2D eigenvalue weighted by molar-refractivity contribution is 0.158. The Balaban J connectivity index is 2.06. The Kier molecular flexibility index (Phi) is 4.91. The van der Waals surface area contributed by atoms with E-state index < -0.39 is 0 Å². The van der Waals surface area contributed by atoms with E-state index in [0.717, 1.165) is 19.7 Å². The lowest BCUT2D eigenvalue weighted by Gasteiger charge is -2.21. The van der Waals surface area contributed by atoms with Gasteiger partial charge in [0.2, 0.25) is 0 Å². The van der Waals surface area contributed by atoms with E-state index in [4.69, 9.17) is 10.5 Å². The second-order valence-corrected chi connectivity index (χ2v) is 4.97. The molecule has 0 amide bonds. The van der Waals surface area contributed by atoms with Crippen LogP contribution in [0.4, 0.5) is 0 Å². The van der Waals surface area contributed by atoms with Crippen molar-refractivity contribution in [1.82, 2.24) is 4.90 Å². The Hall–Kier alpha value is -1.42. The Morgan fingerprint density at radius 2 is 1.89 bits per heavy atom. The molecule has 2 N–H and O–H groups in total. The van der Waals surface area contributed by atoms with Crippen molar-refractivity contribution < 1.29 is 4.74 Å². The van der Waals surface area contributed by atoms with Crippen molar-refractivity contribution in [3.8, 4) is 0 Å². The average molecular weight is 258 g/mol. The summed E-state index contributed by atoms with van der Waals surface area (Å²) in [5.74, 6) is 0. The highest BCUT2D eigenvalue weighted by molar-refractivity contribution is 5.83. The Morgan fingerprint density at radius 1 is 1.16 bits per heavy atom. The van der Waals surface area contributed by atoms with Crippen LogP contribution in [0.3, 0.4) is 0 Å². The van der Waals surface area contributed by atoms with Gasteiger partial charge in [-0.2, -0.15) is 0 Å². The van der Waals surface area contributed by atoms with Gasteiger partial charge in [0.25, 0.3) is 0 Å². The maximum absolute atomic E-state index is 6.28. The number of hydrogen-bond donors (Lipinski definition) is 1. The number of hydrogen-bond acceptors (Lipinski definition) is 3. The zero-order valence-corrected chi connectivity index (χ0v) is 11.7. The van der Waals surface area contributed by atoms with E-state index in [1.807, 2.05) is 0 Å². The van der Waals surface area contributed by atoms with Gasteiger partial charge in [0.05, 0.1) is 6.61 Å². The van der Waals surface area contributed by atoms with E-state index in [2.05, 4.69) is 54.4 Å². The highest BCUT2D eigenvalue weighted by Gasteiger charge is 2.09. The van der Waals surface area contributed by atoms with Crippen LogP contribution in [0.15, 0.2) is 42.5 Å². The third-order valence-corrected chi connectivity index (χ3v) is 3.39. The van der Waals surface area contributed by atoms with Gasteiger partial charge in [-0.1, -0.05) is 36.4 Å². The fourth-order valence-electron chi connectivity index (χ4n) is 2.22. The number of likely N-dealkylation sites (N-methyl/N-ethyl adjacent to an activating group) is 1. The average Bonchev–Trinajstić information content (AvgIpc) is 2.44. The maximum atomic E-state index is 6.28. The molecule has 1 atom stereocenters. The second kappa shape index (κ2) is 6.66. The molecule has 0 saturated carbocycles. The summed E-state index contributed by atoms with van der Waals surface area (Å²) >= 11 is 0. The van der Waals surface area contributed by atoms with Crippen molar-refractivity contribution in [2.75, 3.05) is 33.9 Å². The molecule has 2 rings (SSSR count). The third-order valence-electron chi connectivity index (χ3n) is 3.39. The predicted molar refractivity (Wildman–Crippen MR) is 80.2 cm³/mol. The third kappa shape index (κ3) is 3.77. The molecule has 0 bridgehead atoms. The molecule has 0 aliphatic rings. The molecule has 19 heavy (non-hydrogen) atoms. The van der Waals surface area contributed by atoms with Crippen LogP contribution in [0.25, 0.3) is 10.8 Å². The summed E-state index contributed by atoms with van der Waals surface area (Å²) in [4.78, 5) is 2.20. The van der Waals surface area contributed by atoms with E-state index in [1.165, 1.54) is 16.3 Å². The molecule has 3 heteroatoms. The van der Waals surface area contributed by atoms with Crippen LogP contribution in [-0.2, 0) is 4.74 Å². The first-order valence-corrected chi connectivity index (χ1v) is 6.62. The van der Waals surface area contributed by atoms with Crippen LogP contribution in [-0.4, -0.2) is 38.8 Å². The summed E-state index contributed by atoms with van der Waals surface area (Å²) in [5.41, 5.74) is 7.46. The molecule has 3 nitrogen and oxygen atoms in total. The summed E-state index contributed by atoms with van der Waals surface area (Å²) in [6.07, 6.45) is 0. The van der Waals surface area contributed by atoms with Gasteiger partial charge in [-0.25, -0.2) is 0 Å². The highest BCUT2D eigenvalue weighted by atomic mass is 16.5. The number of fused-ring (bicyclic) bond motifs is 1. The van der Waals surface area contributed by atoms with E-state index in [-0.39, 0.29) is 6.04 Å².